The van der Waals surface area contributed by atoms with Crippen molar-refractivity contribution in [2.24, 2.45) is 0 Å². The second kappa shape index (κ2) is 4.97. The van der Waals surface area contributed by atoms with Crippen LogP contribution >= 0.6 is 0 Å². The highest BCUT2D eigenvalue weighted by molar-refractivity contribution is 5.82. The summed E-state index contributed by atoms with van der Waals surface area (Å²) in [6.07, 6.45) is 1.30. The molecule has 1 saturated heterocycles. The highest BCUT2D eigenvalue weighted by Gasteiger charge is 2.32. The lowest BCUT2D eigenvalue weighted by Crippen LogP contribution is -2.59. The molecule has 0 saturated carbocycles. The Labute approximate surface area is 84.9 Å². The second-order valence-electron chi connectivity index (χ2n) is 3.71. The van der Waals surface area contributed by atoms with Gasteiger partial charge < -0.3 is 5.32 Å². The van der Waals surface area contributed by atoms with Crippen LogP contribution in [0, 0.1) is 11.3 Å². The van der Waals surface area contributed by atoms with Gasteiger partial charge in [-0.05, 0) is 19.9 Å². The molecule has 0 spiro atoms. The molecular weight excluding hydrogens is 178 g/mol. The number of piperazine rings is 1. The average Bonchev–Trinajstić information content (AvgIpc) is 2.17. The molecule has 1 N–H and O–H groups in total. The number of nitrogens with one attached hydrogen (secondary N) is 1. The van der Waals surface area contributed by atoms with Crippen molar-refractivity contribution in [1.29, 1.82) is 5.26 Å². The minimum Gasteiger partial charge on any atom is -0.353 e. The van der Waals surface area contributed by atoms with Crippen molar-refractivity contribution >= 4 is 5.91 Å². The van der Waals surface area contributed by atoms with Crippen LogP contribution in [0.1, 0.15) is 26.7 Å². The molecule has 1 rings (SSSR count). The van der Waals surface area contributed by atoms with Gasteiger partial charge in [-0.2, -0.15) is 5.26 Å². The topological polar surface area (TPSA) is 56.1 Å². The molecule has 1 heterocycles. The van der Waals surface area contributed by atoms with Gasteiger partial charge in [-0.1, -0.05) is 6.92 Å². The molecule has 0 bridgehead atoms. The third-order valence-electron chi connectivity index (χ3n) is 2.61. The summed E-state index contributed by atoms with van der Waals surface area (Å²) in [5, 5.41) is 11.5. The fourth-order valence-corrected chi connectivity index (χ4v) is 1.87. The molecule has 14 heavy (non-hydrogen) atoms. The smallest absolute Gasteiger partial charge is 0.238 e. The molecule has 78 valence electrons. The third-order valence-corrected chi connectivity index (χ3v) is 2.61. The van der Waals surface area contributed by atoms with Crippen molar-refractivity contribution in [1.82, 2.24) is 10.2 Å². The maximum Gasteiger partial charge on any atom is 0.238 e. The van der Waals surface area contributed by atoms with Crippen LogP contribution in [0.4, 0.5) is 0 Å². The summed E-state index contributed by atoms with van der Waals surface area (Å²) in [7, 11) is 0. The Kier molecular flexibility index (Phi) is 3.90. The fraction of sp³-hybridized carbons (Fsp3) is 0.800. The molecule has 1 amide bonds. The van der Waals surface area contributed by atoms with Crippen LogP contribution < -0.4 is 5.32 Å². The fourth-order valence-electron chi connectivity index (χ4n) is 1.87. The molecule has 0 radical (unpaired) electrons. The first-order valence-corrected chi connectivity index (χ1v) is 5.11. The quantitative estimate of drug-likeness (QED) is 0.713. The molecule has 0 aromatic carbocycles. The van der Waals surface area contributed by atoms with Gasteiger partial charge in [-0.3, -0.25) is 9.69 Å². The molecule has 2 atom stereocenters. The first kappa shape index (κ1) is 11.0. The predicted molar refractivity (Wildman–Crippen MR) is 53.5 cm³/mol. The number of hydrogen-bond acceptors (Lipinski definition) is 3. The average molecular weight is 195 g/mol. The zero-order valence-electron chi connectivity index (χ0n) is 8.79. The van der Waals surface area contributed by atoms with Crippen LogP contribution in [0.5, 0.6) is 0 Å². The van der Waals surface area contributed by atoms with E-state index in [1.165, 1.54) is 0 Å². The molecule has 1 fully saturated rings. The number of amides is 1. The van der Waals surface area contributed by atoms with Crippen LogP contribution in [0.2, 0.25) is 0 Å². The van der Waals surface area contributed by atoms with Gasteiger partial charge in [-0.25, -0.2) is 0 Å². The largest absolute Gasteiger partial charge is 0.353 e. The number of carbonyl (C=O) groups excluding carboxylic acids is 1. The van der Waals surface area contributed by atoms with E-state index in [2.05, 4.69) is 30.1 Å². The predicted octanol–water partition coefficient (Wildman–Crippen LogP) is 0.499. The Hall–Kier alpha value is -1.08. The number of carbonyl (C=O) groups is 1. The lowest BCUT2D eigenvalue weighted by atomic mass is 10.1. The van der Waals surface area contributed by atoms with E-state index in [1.54, 1.807) is 0 Å². The Bertz CT molecular complexity index is 246. The minimum atomic E-state index is -0.247. The monoisotopic (exact) mass is 195 g/mol. The summed E-state index contributed by atoms with van der Waals surface area (Å²) < 4.78 is 0. The van der Waals surface area contributed by atoms with Crippen LogP contribution in [0.3, 0.4) is 0 Å². The summed E-state index contributed by atoms with van der Waals surface area (Å²) in [5.41, 5.74) is 0. The van der Waals surface area contributed by atoms with Crippen molar-refractivity contribution < 1.29 is 4.79 Å². The summed E-state index contributed by atoms with van der Waals surface area (Å²) in [4.78, 5) is 13.6. The van der Waals surface area contributed by atoms with Gasteiger partial charge in [0, 0.05) is 12.6 Å². The first-order chi connectivity index (χ1) is 6.70. The Morgan fingerprint density at radius 2 is 2.43 bits per heavy atom. The maximum atomic E-state index is 11.5. The van der Waals surface area contributed by atoms with Crippen molar-refractivity contribution in [3.8, 4) is 6.07 Å². The third kappa shape index (κ3) is 2.24. The second-order valence-corrected chi connectivity index (χ2v) is 3.71. The van der Waals surface area contributed by atoms with E-state index in [9.17, 15) is 4.79 Å². The van der Waals surface area contributed by atoms with Crippen molar-refractivity contribution in [2.75, 3.05) is 13.1 Å². The molecule has 4 nitrogen and oxygen atoms in total. The van der Waals surface area contributed by atoms with E-state index in [-0.39, 0.29) is 18.4 Å². The van der Waals surface area contributed by atoms with Gasteiger partial charge in [-0.15, -0.1) is 0 Å². The van der Waals surface area contributed by atoms with Crippen LogP contribution in [0.25, 0.3) is 0 Å². The number of rotatable bonds is 3. The number of nitrogens with zero attached hydrogens (tertiary/aromatic N) is 2. The molecule has 0 aromatic rings. The summed E-state index contributed by atoms with van der Waals surface area (Å²) >= 11 is 0. The van der Waals surface area contributed by atoms with E-state index < -0.39 is 0 Å². The van der Waals surface area contributed by atoms with Gasteiger partial charge in [0.25, 0.3) is 0 Å². The lowest BCUT2D eigenvalue weighted by molar-refractivity contribution is -0.130. The summed E-state index contributed by atoms with van der Waals surface area (Å²) in [6, 6.07) is 2.17. The normalized spacial score (nSPS) is 28.2. The molecule has 2 unspecified atom stereocenters. The first-order valence-electron chi connectivity index (χ1n) is 5.11. The maximum absolute atomic E-state index is 11.5. The van der Waals surface area contributed by atoms with E-state index in [0.29, 0.717) is 12.6 Å². The zero-order valence-corrected chi connectivity index (χ0v) is 8.79. The molecule has 0 aliphatic carbocycles. The van der Waals surface area contributed by atoms with Crippen LogP contribution in [-0.2, 0) is 4.79 Å². The SMILES string of the molecule is CCCN1C(C)CNC(=O)C1CC#N. The lowest BCUT2D eigenvalue weighted by Gasteiger charge is -2.38. The van der Waals surface area contributed by atoms with Gasteiger partial charge in [0.1, 0.15) is 6.04 Å². The highest BCUT2D eigenvalue weighted by atomic mass is 16.2. The van der Waals surface area contributed by atoms with Gasteiger partial charge in [0.15, 0.2) is 0 Å². The molecule has 1 aliphatic heterocycles. The standard InChI is InChI=1S/C10H17N3O/c1-3-6-13-8(2)7-12-10(14)9(13)4-5-11/h8-9H,3-4,6-7H2,1-2H3,(H,12,14). The van der Waals surface area contributed by atoms with Gasteiger partial charge in [0.2, 0.25) is 5.91 Å². The number of hydrogen-bond donors (Lipinski definition) is 1. The Morgan fingerprint density at radius 3 is 3.00 bits per heavy atom. The van der Waals surface area contributed by atoms with Gasteiger partial charge in [0.05, 0.1) is 12.5 Å². The Balaban J connectivity index is 2.70. The zero-order chi connectivity index (χ0) is 10.6. The summed E-state index contributed by atoms with van der Waals surface area (Å²) in [6.45, 7) is 5.75. The van der Waals surface area contributed by atoms with Gasteiger partial charge >= 0.3 is 0 Å². The highest BCUT2D eigenvalue weighted by Crippen LogP contribution is 2.13. The van der Waals surface area contributed by atoms with E-state index >= 15 is 0 Å². The molecule has 1 aliphatic rings. The van der Waals surface area contributed by atoms with Crippen molar-refractivity contribution in [3.63, 3.8) is 0 Å². The summed E-state index contributed by atoms with van der Waals surface area (Å²) in [5.74, 6) is -0.00176. The molecular formula is C10H17N3O. The van der Waals surface area contributed by atoms with Crippen LogP contribution in [-0.4, -0.2) is 36.0 Å². The van der Waals surface area contributed by atoms with Crippen molar-refractivity contribution in [3.05, 3.63) is 0 Å². The Morgan fingerprint density at radius 1 is 1.71 bits per heavy atom. The van der Waals surface area contributed by atoms with E-state index in [4.69, 9.17) is 5.26 Å². The number of nitriles is 1. The van der Waals surface area contributed by atoms with Crippen molar-refractivity contribution in [2.45, 2.75) is 38.8 Å². The molecule has 0 aromatic heterocycles. The van der Waals surface area contributed by atoms with Crippen LogP contribution in [0.15, 0.2) is 0 Å². The van der Waals surface area contributed by atoms with E-state index in [0.717, 1.165) is 13.0 Å². The van der Waals surface area contributed by atoms with E-state index in [1.807, 2.05) is 0 Å². The minimum absolute atomic E-state index is 0.00176. The molecule has 4 heteroatoms.